The van der Waals surface area contributed by atoms with Gasteiger partial charge in [-0.2, -0.15) is 5.10 Å². The Morgan fingerprint density at radius 2 is 2.00 bits per heavy atom. The molecule has 1 saturated carbocycles. The van der Waals surface area contributed by atoms with Gasteiger partial charge < -0.3 is 5.11 Å². The molecule has 0 unspecified atom stereocenters. The molecule has 0 spiro atoms. The van der Waals surface area contributed by atoms with Crippen molar-refractivity contribution in [2.45, 2.75) is 18.8 Å². The molecule has 0 atom stereocenters. The summed E-state index contributed by atoms with van der Waals surface area (Å²) in [6.45, 7) is 0. The smallest absolute Gasteiger partial charge is 0.285 e. The Balaban J connectivity index is 1.96. The number of fused-ring (bicyclic) bond motifs is 3. The molecule has 6 heteroatoms. The van der Waals surface area contributed by atoms with Crippen LogP contribution in [0, 0.1) is 0 Å². The lowest BCUT2D eigenvalue weighted by atomic mass is 10.1. The second-order valence-electron chi connectivity index (χ2n) is 6.61. The van der Waals surface area contributed by atoms with Crippen LogP contribution in [0.5, 0.6) is 5.75 Å². The van der Waals surface area contributed by atoms with Crippen LogP contribution in [0.4, 0.5) is 0 Å². The van der Waals surface area contributed by atoms with E-state index in [-0.39, 0.29) is 11.3 Å². The van der Waals surface area contributed by atoms with Gasteiger partial charge in [-0.3, -0.25) is 14.0 Å². The van der Waals surface area contributed by atoms with E-state index in [1.54, 1.807) is 40.6 Å². The van der Waals surface area contributed by atoms with Crippen molar-refractivity contribution in [2.24, 2.45) is 7.05 Å². The largest absolute Gasteiger partial charge is 0.508 e. The fraction of sp³-hybridized carbons (Fsp3) is 0.211. The molecule has 0 amide bonds. The average Bonchev–Trinajstić information content (AvgIpc) is 3.36. The van der Waals surface area contributed by atoms with Crippen molar-refractivity contribution in [3.8, 4) is 11.4 Å². The molecule has 6 nitrogen and oxygen atoms in total. The van der Waals surface area contributed by atoms with Crippen molar-refractivity contribution in [1.29, 1.82) is 0 Å². The fourth-order valence-corrected chi connectivity index (χ4v) is 3.37. The summed E-state index contributed by atoms with van der Waals surface area (Å²) in [6.07, 6.45) is 4.14. The van der Waals surface area contributed by atoms with Crippen LogP contribution in [-0.4, -0.2) is 24.4 Å². The van der Waals surface area contributed by atoms with E-state index in [9.17, 15) is 9.90 Å². The Bertz CT molecular complexity index is 1200. The molecule has 1 aliphatic carbocycles. The lowest BCUT2D eigenvalue weighted by Crippen LogP contribution is -2.20. The van der Waals surface area contributed by atoms with E-state index in [4.69, 9.17) is 4.98 Å². The van der Waals surface area contributed by atoms with Gasteiger partial charge >= 0.3 is 0 Å². The van der Waals surface area contributed by atoms with Crippen molar-refractivity contribution in [3.63, 3.8) is 0 Å². The van der Waals surface area contributed by atoms with Gasteiger partial charge in [0.15, 0.2) is 5.52 Å². The summed E-state index contributed by atoms with van der Waals surface area (Å²) in [5.41, 5.74) is 2.39. The number of pyridine rings is 2. The van der Waals surface area contributed by atoms with E-state index in [2.05, 4.69) is 5.10 Å². The zero-order valence-corrected chi connectivity index (χ0v) is 13.7. The van der Waals surface area contributed by atoms with Gasteiger partial charge in [-0.15, -0.1) is 0 Å². The van der Waals surface area contributed by atoms with E-state index in [0.29, 0.717) is 22.8 Å². The average molecular weight is 332 g/mol. The first-order valence-electron chi connectivity index (χ1n) is 8.30. The molecule has 0 radical (unpaired) electrons. The molecule has 1 fully saturated rings. The number of aryl methyl sites for hydroxylation is 1. The minimum Gasteiger partial charge on any atom is -0.508 e. The number of aromatic hydroxyl groups is 1. The van der Waals surface area contributed by atoms with E-state index >= 15 is 0 Å². The van der Waals surface area contributed by atoms with Crippen LogP contribution in [0.25, 0.3) is 27.6 Å². The van der Waals surface area contributed by atoms with Crippen molar-refractivity contribution >= 4 is 21.9 Å². The number of nitrogens with zero attached hydrogens (tertiary/aromatic N) is 4. The number of phenols is 1. The summed E-state index contributed by atoms with van der Waals surface area (Å²) in [5, 5.41) is 15.9. The molecule has 0 aliphatic heterocycles. The summed E-state index contributed by atoms with van der Waals surface area (Å²) >= 11 is 0. The quantitative estimate of drug-likeness (QED) is 0.612. The summed E-state index contributed by atoms with van der Waals surface area (Å²) in [7, 11) is 1.80. The Kier molecular flexibility index (Phi) is 2.80. The molecule has 3 heterocycles. The summed E-state index contributed by atoms with van der Waals surface area (Å²) in [4.78, 5) is 17.9. The van der Waals surface area contributed by atoms with Gasteiger partial charge in [0.05, 0.1) is 5.69 Å². The van der Waals surface area contributed by atoms with Crippen LogP contribution in [0.1, 0.15) is 24.5 Å². The Morgan fingerprint density at radius 1 is 1.16 bits per heavy atom. The van der Waals surface area contributed by atoms with E-state index in [1.807, 2.05) is 18.3 Å². The second-order valence-corrected chi connectivity index (χ2v) is 6.61. The fourth-order valence-electron chi connectivity index (χ4n) is 3.37. The first-order valence-corrected chi connectivity index (χ1v) is 8.30. The van der Waals surface area contributed by atoms with Gasteiger partial charge in [0.1, 0.15) is 11.4 Å². The van der Waals surface area contributed by atoms with Crippen LogP contribution in [0.3, 0.4) is 0 Å². The lowest BCUT2D eigenvalue weighted by molar-refractivity contribution is 0.475. The van der Waals surface area contributed by atoms with Gasteiger partial charge in [-0.25, -0.2) is 4.98 Å². The Morgan fingerprint density at radius 3 is 2.76 bits per heavy atom. The van der Waals surface area contributed by atoms with Crippen LogP contribution < -0.4 is 5.56 Å². The van der Waals surface area contributed by atoms with Crippen molar-refractivity contribution in [1.82, 2.24) is 19.3 Å². The molecule has 25 heavy (non-hydrogen) atoms. The number of hydrogen-bond acceptors (Lipinski definition) is 4. The van der Waals surface area contributed by atoms with Crippen LogP contribution in [0.2, 0.25) is 0 Å². The highest BCUT2D eigenvalue weighted by atomic mass is 16.3. The Labute approximate surface area is 143 Å². The van der Waals surface area contributed by atoms with Crippen LogP contribution in [0.15, 0.2) is 47.4 Å². The Hall–Kier alpha value is -3.15. The van der Waals surface area contributed by atoms with Gasteiger partial charge in [0.2, 0.25) is 0 Å². The van der Waals surface area contributed by atoms with Gasteiger partial charge in [0, 0.05) is 41.7 Å². The highest BCUT2D eigenvalue weighted by molar-refractivity contribution is 6.03. The van der Waals surface area contributed by atoms with Gasteiger partial charge in [0.25, 0.3) is 5.56 Å². The maximum Gasteiger partial charge on any atom is 0.285 e. The topological polar surface area (TPSA) is 72.9 Å². The SMILES string of the molecule is Cn1cc2c(n1)c(=O)n(-c1cccc(O)c1)c1nc(C3CC3)ccc21. The van der Waals surface area contributed by atoms with Crippen molar-refractivity contribution in [2.75, 3.05) is 0 Å². The number of benzene rings is 1. The number of phenolic OH excluding ortho intramolecular Hbond substituents is 1. The third-order valence-electron chi connectivity index (χ3n) is 4.72. The zero-order chi connectivity index (χ0) is 17.1. The summed E-state index contributed by atoms with van der Waals surface area (Å²) < 4.78 is 3.20. The molecule has 5 rings (SSSR count). The number of rotatable bonds is 2. The predicted octanol–water partition coefficient (Wildman–Crippen LogP) is 2.86. The maximum absolute atomic E-state index is 13.1. The second kappa shape index (κ2) is 4.92. The highest BCUT2D eigenvalue weighted by Crippen LogP contribution is 2.39. The molecule has 1 aliphatic rings. The van der Waals surface area contributed by atoms with Crippen LogP contribution in [-0.2, 0) is 7.05 Å². The standard InChI is InChI=1S/C19H16N4O2/c1-22-10-15-14-7-8-16(11-5-6-11)20-18(14)23(19(25)17(15)21-22)12-3-2-4-13(24)9-12/h2-4,7-11,24H,5-6H2,1H3. The van der Waals surface area contributed by atoms with Crippen molar-refractivity contribution < 1.29 is 5.11 Å². The zero-order valence-electron chi connectivity index (χ0n) is 13.7. The normalized spacial score (nSPS) is 14.4. The number of aromatic nitrogens is 4. The molecule has 0 bridgehead atoms. The van der Waals surface area contributed by atoms with E-state index in [1.165, 1.54) is 0 Å². The predicted molar refractivity (Wildman–Crippen MR) is 95.3 cm³/mol. The first kappa shape index (κ1) is 14.2. The maximum atomic E-state index is 13.1. The molecule has 124 valence electrons. The third-order valence-corrected chi connectivity index (χ3v) is 4.72. The van der Waals surface area contributed by atoms with Crippen LogP contribution >= 0.6 is 0 Å². The highest BCUT2D eigenvalue weighted by Gasteiger charge is 2.26. The molecular formula is C19H16N4O2. The minimum atomic E-state index is -0.228. The summed E-state index contributed by atoms with van der Waals surface area (Å²) in [5.74, 6) is 0.596. The van der Waals surface area contributed by atoms with Gasteiger partial charge in [-0.1, -0.05) is 6.07 Å². The molecular weight excluding hydrogens is 316 g/mol. The van der Waals surface area contributed by atoms with E-state index < -0.39 is 0 Å². The number of hydrogen-bond donors (Lipinski definition) is 1. The molecule has 3 aromatic heterocycles. The summed E-state index contributed by atoms with van der Waals surface area (Å²) in [6, 6.07) is 10.7. The van der Waals surface area contributed by atoms with Crippen molar-refractivity contribution in [3.05, 3.63) is 58.6 Å². The third kappa shape index (κ3) is 2.14. The lowest BCUT2D eigenvalue weighted by Gasteiger charge is -2.11. The molecule has 0 saturated heterocycles. The molecule has 1 aromatic carbocycles. The van der Waals surface area contributed by atoms with Gasteiger partial charge in [-0.05, 0) is 37.1 Å². The van der Waals surface area contributed by atoms with E-state index in [0.717, 1.165) is 29.3 Å². The first-order chi connectivity index (χ1) is 12.1. The minimum absolute atomic E-state index is 0.108. The molecule has 1 N–H and O–H groups in total. The monoisotopic (exact) mass is 332 g/mol. The molecule has 4 aromatic rings.